The van der Waals surface area contributed by atoms with Crippen molar-refractivity contribution < 1.29 is 0 Å². The zero-order valence-electron chi connectivity index (χ0n) is 25.5. The highest BCUT2D eigenvalue weighted by molar-refractivity contribution is 6.14. The average molecular weight is 573 g/mol. The third-order valence-corrected chi connectivity index (χ3v) is 10.1. The fourth-order valence-corrected chi connectivity index (χ4v) is 7.81. The molecule has 0 unspecified atom stereocenters. The molecule has 0 saturated heterocycles. The van der Waals surface area contributed by atoms with Crippen LogP contribution in [0.4, 0.5) is 0 Å². The Labute approximate surface area is 264 Å². The molecule has 0 atom stereocenters. The van der Waals surface area contributed by atoms with Crippen LogP contribution in [0, 0.1) is 0 Å². The topological polar surface area (TPSA) is 0 Å². The van der Waals surface area contributed by atoms with Crippen molar-refractivity contribution in [1.82, 2.24) is 0 Å². The van der Waals surface area contributed by atoms with Crippen LogP contribution in [-0.2, 0) is 5.41 Å². The van der Waals surface area contributed by atoms with Gasteiger partial charge in [0.05, 0.1) is 0 Å². The SMILES string of the molecule is CC1(C)c2ccccc2-c2ccc(-c3cccc4c(-c5ccc(-c6cc7ccccc7c7ccccc67)cc5)cccc34)cc21. The highest BCUT2D eigenvalue weighted by Crippen LogP contribution is 2.50. The van der Waals surface area contributed by atoms with Crippen molar-refractivity contribution in [2.45, 2.75) is 19.3 Å². The normalized spacial score (nSPS) is 13.3. The molecule has 8 aromatic carbocycles. The number of benzene rings is 8. The smallest absolute Gasteiger partial charge is 0.0159 e. The minimum atomic E-state index is -0.0181. The second-order valence-corrected chi connectivity index (χ2v) is 12.9. The van der Waals surface area contributed by atoms with Gasteiger partial charge >= 0.3 is 0 Å². The molecule has 45 heavy (non-hydrogen) atoms. The van der Waals surface area contributed by atoms with E-state index in [4.69, 9.17) is 0 Å². The molecule has 0 aliphatic heterocycles. The fourth-order valence-electron chi connectivity index (χ4n) is 7.81. The van der Waals surface area contributed by atoms with Crippen LogP contribution in [0.3, 0.4) is 0 Å². The molecule has 9 rings (SSSR count). The maximum Gasteiger partial charge on any atom is 0.0159 e. The number of hydrogen-bond acceptors (Lipinski definition) is 0. The van der Waals surface area contributed by atoms with Gasteiger partial charge in [0, 0.05) is 5.41 Å². The van der Waals surface area contributed by atoms with Crippen LogP contribution in [-0.4, -0.2) is 0 Å². The quantitative estimate of drug-likeness (QED) is 0.185. The lowest BCUT2D eigenvalue weighted by molar-refractivity contribution is 0.660. The monoisotopic (exact) mass is 572 g/mol. The van der Waals surface area contributed by atoms with Gasteiger partial charge < -0.3 is 0 Å². The van der Waals surface area contributed by atoms with Gasteiger partial charge in [-0.3, -0.25) is 0 Å². The lowest BCUT2D eigenvalue weighted by Crippen LogP contribution is -2.14. The van der Waals surface area contributed by atoms with Crippen LogP contribution in [0.25, 0.3) is 76.8 Å². The van der Waals surface area contributed by atoms with Crippen LogP contribution in [0.2, 0.25) is 0 Å². The lowest BCUT2D eigenvalue weighted by Gasteiger charge is -2.22. The zero-order chi connectivity index (χ0) is 30.1. The summed E-state index contributed by atoms with van der Waals surface area (Å²) in [7, 11) is 0. The molecule has 0 fully saturated rings. The molecule has 0 N–H and O–H groups in total. The summed E-state index contributed by atoms with van der Waals surface area (Å²) in [4.78, 5) is 0. The van der Waals surface area contributed by atoms with Crippen LogP contribution in [0.15, 0.2) is 158 Å². The number of hydrogen-bond donors (Lipinski definition) is 0. The first-order valence-electron chi connectivity index (χ1n) is 15.9. The molecule has 0 amide bonds. The summed E-state index contributed by atoms with van der Waals surface area (Å²) in [6.07, 6.45) is 0. The van der Waals surface area contributed by atoms with Crippen LogP contribution >= 0.6 is 0 Å². The van der Waals surface area contributed by atoms with Crippen molar-refractivity contribution in [1.29, 1.82) is 0 Å². The van der Waals surface area contributed by atoms with E-state index in [-0.39, 0.29) is 5.41 Å². The summed E-state index contributed by atoms with van der Waals surface area (Å²) in [5, 5.41) is 7.73. The summed E-state index contributed by atoms with van der Waals surface area (Å²) >= 11 is 0. The molecule has 212 valence electrons. The molecule has 0 aromatic heterocycles. The van der Waals surface area contributed by atoms with Crippen molar-refractivity contribution in [2.75, 3.05) is 0 Å². The Morgan fingerprint density at radius 3 is 1.56 bits per heavy atom. The van der Waals surface area contributed by atoms with E-state index in [1.807, 2.05) is 0 Å². The van der Waals surface area contributed by atoms with Gasteiger partial charge in [-0.2, -0.15) is 0 Å². The van der Waals surface area contributed by atoms with Gasteiger partial charge in [-0.15, -0.1) is 0 Å². The van der Waals surface area contributed by atoms with Gasteiger partial charge in [0.2, 0.25) is 0 Å². The molecule has 1 aliphatic rings. The van der Waals surface area contributed by atoms with Gasteiger partial charge in [-0.05, 0) is 100 Å². The van der Waals surface area contributed by atoms with Gasteiger partial charge in [-0.25, -0.2) is 0 Å². The molecule has 0 spiro atoms. The highest BCUT2D eigenvalue weighted by Gasteiger charge is 2.35. The molecule has 0 heteroatoms. The van der Waals surface area contributed by atoms with E-state index < -0.39 is 0 Å². The minimum Gasteiger partial charge on any atom is -0.0619 e. The predicted molar refractivity (Wildman–Crippen MR) is 193 cm³/mol. The Morgan fingerprint density at radius 1 is 0.311 bits per heavy atom. The molecule has 0 nitrogen and oxygen atoms in total. The molecular weight excluding hydrogens is 540 g/mol. The van der Waals surface area contributed by atoms with Crippen molar-refractivity contribution in [3.8, 4) is 44.5 Å². The van der Waals surface area contributed by atoms with Crippen molar-refractivity contribution in [2.24, 2.45) is 0 Å². The summed E-state index contributed by atoms with van der Waals surface area (Å²) in [6, 6.07) is 58.4. The fraction of sp³-hybridized carbons (Fsp3) is 0.0667. The molecule has 1 aliphatic carbocycles. The second-order valence-electron chi connectivity index (χ2n) is 12.9. The zero-order valence-corrected chi connectivity index (χ0v) is 25.5. The predicted octanol–water partition coefficient (Wildman–Crippen LogP) is 12.5. The van der Waals surface area contributed by atoms with Crippen LogP contribution in [0.1, 0.15) is 25.0 Å². The lowest BCUT2D eigenvalue weighted by atomic mass is 9.81. The van der Waals surface area contributed by atoms with Crippen molar-refractivity contribution >= 4 is 32.3 Å². The van der Waals surface area contributed by atoms with Gasteiger partial charge in [0.1, 0.15) is 0 Å². The second kappa shape index (κ2) is 9.78. The van der Waals surface area contributed by atoms with Crippen molar-refractivity contribution in [3.63, 3.8) is 0 Å². The third kappa shape index (κ3) is 3.92. The highest BCUT2D eigenvalue weighted by atomic mass is 14.4. The maximum atomic E-state index is 2.43. The molecule has 8 aromatic rings. The third-order valence-electron chi connectivity index (χ3n) is 10.1. The Morgan fingerprint density at radius 2 is 0.800 bits per heavy atom. The van der Waals surface area contributed by atoms with Gasteiger partial charge in [0.15, 0.2) is 0 Å². The minimum absolute atomic E-state index is 0.0181. The molecule has 0 bridgehead atoms. The van der Waals surface area contributed by atoms with Crippen LogP contribution < -0.4 is 0 Å². The molecule has 0 heterocycles. The summed E-state index contributed by atoms with van der Waals surface area (Å²) < 4.78 is 0. The maximum absolute atomic E-state index is 2.43. The van der Waals surface area contributed by atoms with Gasteiger partial charge in [0.25, 0.3) is 0 Å². The van der Waals surface area contributed by atoms with E-state index in [2.05, 4.69) is 172 Å². The van der Waals surface area contributed by atoms with E-state index in [9.17, 15) is 0 Å². The summed E-state index contributed by atoms with van der Waals surface area (Å²) in [5.41, 5.74) is 13.1. The van der Waals surface area contributed by atoms with E-state index in [1.165, 1.54) is 88.0 Å². The first-order valence-corrected chi connectivity index (χ1v) is 15.9. The average Bonchev–Trinajstić information content (AvgIpc) is 3.33. The number of rotatable bonds is 3. The molecule has 0 saturated carbocycles. The Bertz CT molecular complexity index is 2440. The standard InChI is InChI=1S/C45H32/c1-45(2)43-20-8-7-15-40(43)41-26-25-32(28-44(41)45)35-17-10-18-37-33(16-9-19-38(35)37)29-21-23-30(24-22-29)42-27-31-11-3-4-12-34(31)36-13-5-6-14-39(36)42/h3-28H,1-2H3. The van der Waals surface area contributed by atoms with E-state index in [0.717, 1.165) is 0 Å². The Kier molecular flexibility index (Phi) is 5.64. The summed E-state index contributed by atoms with van der Waals surface area (Å²) in [6.45, 7) is 4.71. The Balaban J connectivity index is 1.14. The largest absolute Gasteiger partial charge is 0.0619 e. The van der Waals surface area contributed by atoms with Gasteiger partial charge in [-0.1, -0.05) is 159 Å². The molecular formula is C45H32. The first kappa shape index (κ1) is 26.0. The van der Waals surface area contributed by atoms with Crippen LogP contribution in [0.5, 0.6) is 0 Å². The van der Waals surface area contributed by atoms with E-state index >= 15 is 0 Å². The number of fused-ring (bicyclic) bond motifs is 7. The summed E-state index contributed by atoms with van der Waals surface area (Å²) in [5.74, 6) is 0. The molecule has 0 radical (unpaired) electrons. The first-order chi connectivity index (χ1) is 22.1. The Hall–Kier alpha value is -5.46. The van der Waals surface area contributed by atoms with E-state index in [0.29, 0.717) is 0 Å². The van der Waals surface area contributed by atoms with E-state index in [1.54, 1.807) is 0 Å². The van der Waals surface area contributed by atoms with Crippen molar-refractivity contribution in [3.05, 3.63) is 169 Å².